The Hall–Kier alpha value is -2.09. The van der Waals surface area contributed by atoms with Crippen LogP contribution in [0.3, 0.4) is 0 Å². The zero-order valence-electron chi connectivity index (χ0n) is 8.97. The molecule has 1 N–H and O–H groups in total. The highest BCUT2D eigenvalue weighted by Crippen LogP contribution is 2.30. The molecule has 0 saturated carbocycles. The van der Waals surface area contributed by atoms with Crippen molar-refractivity contribution in [3.63, 3.8) is 0 Å². The van der Waals surface area contributed by atoms with E-state index in [0.717, 1.165) is 21.7 Å². The third-order valence-corrected chi connectivity index (χ3v) is 2.58. The van der Waals surface area contributed by atoms with Crippen LogP contribution in [0.5, 0.6) is 5.75 Å². The van der Waals surface area contributed by atoms with Gasteiger partial charge in [0.2, 0.25) is 0 Å². The van der Waals surface area contributed by atoms with Gasteiger partial charge in [-0.15, -0.1) is 0 Å². The van der Waals surface area contributed by atoms with Crippen molar-refractivity contribution in [1.82, 2.24) is 4.98 Å². The van der Waals surface area contributed by atoms with Crippen LogP contribution < -0.4 is 0 Å². The van der Waals surface area contributed by atoms with Crippen LogP contribution >= 0.6 is 0 Å². The van der Waals surface area contributed by atoms with Gasteiger partial charge in [-0.3, -0.25) is 4.98 Å². The molecule has 3 rings (SSSR count). The molecule has 3 aromatic rings. The molecule has 0 atom stereocenters. The quantitative estimate of drug-likeness (QED) is 0.607. The van der Waals surface area contributed by atoms with E-state index >= 15 is 0 Å². The second-order valence-corrected chi connectivity index (χ2v) is 3.49. The zero-order valence-corrected chi connectivity index (χ0v) is 7.97. The third-order valence-electron chi connectivity index (χ3n) is 2.58. The summed E-state index contributed by atoms with van der Waals surface area (Å²) in [7, 11) is 0. The predicted molar refractivity (Wildman–Crippen MR) is 60.9 cm³/mol. The second-order valence-electron chi connectivity index (χ2n) is 3.49. The Morgan fingerprint density at radius 1 is 1.00 bits per heavy atom. The highest BCUT2D eigenvalue weighted by atomic mass is 16.3. The molecule has 0 fully saturated rings. The number of phenolic OH excluding ortho intramolecular Hbond substituents is 1. The van der Waals surface area contributed by atoms with Crippen molar-refractivity contribution in [2.24, 2.45) is 0 Å². The number of pyridine rings is 1. The number of fused-ring (bicyclic) bond motifs is 3. The lowest BCUT2D eigenvalue weighted by Gasteiger charge is -2.04. The molecule has 0 aliphatic carbocycles. The topological polar surface area (TPSA) is 33.1 Å². The van der Waals surface area contributed by atoms with Gasteiger partial charge in [-0.05, 0) is 17.5 Å². The Bertz CT molecular complexity index is 666. The fourth-order valence-corrected chi connectivity index (χ4v) is 1.88. The van der Waals surface area contributed by atoms with Gasteiger partial charge in [-0.2, -0.15) is 0 Å². The van der Waals surface area contributed by atoms with Crippen molar-refractivity contribution in [2.75, 3.05) is 0 Å². The number of hydrogen-bond acceptors (Lipinski definition) is 2. The summed E-state index contributed by atoms with van der Waals surface area (Å²) in [6.07, 6.45) is 1.75. The summed E-state index contributed by atoms with van der Waals surface area (Å²) in [5, 5.41) is 7.64. The van der Waals surface area contributed by atoms with E-state index in [1.54, 1.807) is 12.3 Å². The largest absolute Gasteiger partial charge is 0.507 e. The standard InChI is InChI=1S/C13H9NO/c15-11-5-1-3-9-6-7-10-4-2-8-14-13(10)12(9)11/h1-8,15H/i/hD. The predicted octanol–water partition coefficient (Wildman–Crippen LogP) is 3.09. The highest BCUT2D eigenvalue weighted by molar-refractivity contribution is 6.08. The van der Waals surface area contributed by atoms with E-state index in [1.807, 2.05) is 36.4 Å². The minimum absolute atomic E-state index is 0.543. The summed E-state index contributed by atoms with van der Waals surface area (Å²) < 4.78 is 7.07. The van der Waals surface area contributed by atoms with E-state index in [4.69, 9.17) is 1.43 Å². The first kappa shape index (κ1) is 7.23. The third kappa shape index (κ3) is 1.15. The number of aromatic nitrogens is 1. The minimum atomic E-state index is 0.543. The van der Waals surface area contributed by atoms with E-state index in [0.29, 0.717) is 5.75 Å². The molecule has 0 aliphatic rings. The van der Waals surface area contributed by atoms with Gasteiger partial charge in [0, 0.05) is 17.0 Å². The van der Waals surface area contributed by atoms with E-state index in [-0.39, 0.29) is 0 Å². The molecule has 15 heavy (non-hydrogen) atoms. The molecule has 0 aliphatic heterocycles. The lowest BCUT2D eigenvalue weighted by atomic mass is 10.1. The van der Waals surface area contributed by atoms with Crippen LogP contribution in [-0.4, -0.2) is 11.5 Å². The number of rotatable bonds is 1. The fraction of sp³-hybridized carbons (Fsp3) is 0. The Kier molecular flexibility index (Phi) is 1.42. The summed E-state index contributed by atoms with van der Waals surface area (Å²) in [6, 6.07) is 13.6. The lowest BCUT2D eigenvalue weighted by molar-refractivity contribution is 0.482. The average Bonchev–Trinajstić information content (AvgIpc) is 2.37. The number of benzene rings is 2. The molecule has 72 valence electrons. The van der Waals surface area contributed by atoms with Crippen molar-refractivity contribution in [2.45, 2.75) is 0 Å². The summed E-state index contributed by atoms with van der Waals surface area (Å²) in [4.78, 5) is 4.35. The molecule has 2 nitrogen and oxygen atoms in total. The van der Waals surface area contributed by atoms with Gasteiger partial charge < -0.3 is 5.11 Å². The molecule has 1 heterocycles. The first-order valence-corrected chi connectivity index (χ1v) is 4.80. The maximum Gasteiger partial charge on any atom is 0.293 e. The Labute approximate surface area is 88.3 Å². The van der Waals surface area contributed by atoms with E-state index in [9.17, 15) is 0 Å². The fourth-order valence-electron chi connectivity index (χ4n) is 1.88. The molecule has 0 unspecified atom stereocenters. The summed E-state index contributed by atoms with van der Waals surface area (Å²) in [6.45, 7) is 0. The molecular formula is C13H9NO. The van der Waals surface area contributed by atoms with Gasteiger partial charge in [0.25, 0.3) is 1.43 Å². The number of phenols is 1. The van der Waals surface area contributed by atoms with Gasteiger partial charge in [0.1, 0.15) is 5.75 Å². The molecule has 0 bridgehead atoms. The van der Waals surface area contributed by atoms with Crippen LogP contribution in [0, 0.1) is 0 Å². The van der Waals surface area contributed by atoms with Gasteiger partial charge in [-0.1, -0.05) is 30.3 Å². The number of nitrogens with zero attached hydrogens (tertiary/aromatic N) is 1. The highest BCUT2D eigenvalue weighted by Gasteiger charge is 2.04. The second kappa shape index (κ2) is 2.95. The van der Waals surface area contributed by atoms with Crippen LogP contribution in [0.2, 0.25) is 0 Å². The number of aromatic hydroxyl groups is 1. The maximum absolute atomic E-state index is 7.07. The van der Waals surface area contributed by atoms with Crippen LogP contribution in [0.1, 0.15) is 0 Å². The first-order valence-electron chi connectivity index (χ1n) is 5.20. The van der Waals surface area contributed by atoms with Crippen LogP contribution in [0.15, 0.2) is 48.7 Å². The average molecular weight is 196 g/mol. The Balaban J connectivity index is 2.57. The summed E-state index contributed by atoms with van der Waals surface area (Å²) in [5.41, 5.74) is 0.878. The Morgan fingerprint density at radius 2 is 1.87 bits per heavy atom. The SMILES string of the molecule is [2H]Oc1cccc2ccc3cccnc3c12. The van der Waals surface area contributed by atoms with Crippen molar-refractivity contribution in [3.05, 3.63) is 48.7 Å². The summed E-state index contributed by atoms with van der Waals surface area (Å²) in [5.74, 6) is 0.543. The lowest BCUT2D eigenvalue weighted by Crippen LogP contribution is -1.81. The maximum atomic E-state index is 7.07. The normalized spacial score (nSPS) is 11.6. The van der Waals surface area contributed by atoms with Crippen LogP contribution in [-0.2, 0) is 0 Å². The van der Waals surface area contributed by atoms with E-state index in [2.05, 4.69) is 10.1 Å². The first-order chi connectivity index (χ1) is 7.90. The van der Waals surface area contributed by atoms with Gasteiger partial charge in [0.15, 0.2) is 0 Å². The molecule has 0 amide bonds. The van der Waals surface area contributed by atoms with Gasteiger partial charge >= 0.3 is 0 Å². The molecule has 2 aromatic carbocycles. The monoisotopic (exact) mass is 196 g/mol. The molecule has 1 aromatic heterocycles. The van der Waals surface area contributed by atoms with Crippen molar-refractivity contribution < 1.29 is 5.11 Å². The van der Waals surface area contributed by atoms with Crippen molar-refractivity contribution >= 4 is 21.7 Å². The summed E-state index contributed by atoms with van der Waals surface area (Å²) >= 11 is 0. The molecule has 2 heteroatoms. The smallest absolute Gasteiger partial charge is 0.293 e. The van der Waals surface area contributed by atoms with Crippen molar-refractivity contribution in [3.8, 4) is 5.75 Å². The molecule has 0 radical (unpaired) electrons. The van der Waals surface area contributed by atoms with E-state index in [1.165, 1.54) is 0 Å². The van der Waals surface area contributed by atoms with E-state index < -0.39 is 0 Å². The van der Waals surface area contributed by atoms with Crippen molar-refractivity contribution in [1.29, 1.82) is 1.43 Å². The molecule has 0 saturated heterocycles. The minimum Gasteiger partial charge on any atom is -0.507 e. The van der Waals surface area contributed by atoms with Gasteiger partial charge in [-0.25, -0.2) is 0 Å². The van der Waals surface area contributed by atoms with Gasteiger partial charge in [0.05, 0.1) is 5.52 Å². The van der Waals surface area contributed by atoms with Crippen LogP contribution in [0.4, 0.5) is 0 Å². The Morgan fingerprint density at radius 3 is 2.80 bits per heavy atom. The molecular weight excluding hydrogens is 186 g/mol. The van der Waals surface area contributed by atoms with Crippen LogP contribution in [0.25, 0.3) is 21.7 Å². The zero-order chi connectivity index (χ0) is 11.0. The molecule has 0 spiro atoms. The number of hydrogen-bond donors (Lipinski definition) is 1.